The van der Waals surface area contributed by atoms with E-state index in [9.17, 15) is 4.79 Å². The fourth-order valence-corrected chi connectivity index (χ4v) is 2.30. The molecule has 1 N–H and O–H groups in total. The Hall–Kier alpha value is -1.51. The van der Waals surface area contributed by atoms with Crippen molar-refractivity contribution in [1.29, 1.82) is 0 Å². The molecule has 0 aliphatic heterocycles. The maximum Gasteiger partial charge on any atom is 0.253 e. The smallest absolute Gasteiger partial charge is 0.253 e. The maximum atomic E-state index is 12.3. The van der Waals surface area contributed by atoms with Gasteiger partial charge in [-0.05, 0) is 38.0 Å². The summed E-state index contributed by atoms with van der Waals surface area (Å²) < 4.78 is 0. The topological polar surface area (TPSA) is 32.3 Å². The van der Waals surface area contributed by atoms with Crippen LogP contribution in [0.1, 0.15) is 50.9 Å². The first-order chi connectivity index (χ1) is 9.65. The summed E-state index contributed by atoms with van der Waals surface area (Å²) in [7, 11) is 0. The van der Waals surface area contributed by atoms with Crippen molar-refractivity contribution in [3.8, 4) is 0 Å². The number of hydrogen-bond donors (Lipinski definition) is 1. The Balaban J connectivity index is 2.72. The molecule has 0 saturated heterocycles. The molecule has 1 aromatic rings. The van der Waals surface area contributed by atoms with Crippen molar-refractivity contribution < 1.29 is 4.79 Å². The fourth-order valence-electron chi connectivity index (χ4n) is 2.30. The Bertz CT molecular complexity index is 409. The van der Waals surface area contributed by atoms with Crippen molar-refractivity contribution in [1.82, 2.24) is 4.90 Å². The lowest BCUT2D eigenvalue weighted by Gasteiger charge is -2.19. The van der Waals surface area contributed by atoms with Crippen molar-refractivity contribution >= 4 is 11.6 Å². The minimum absolute atomic E-state index is 0.112. The molecular weight excluding hydrogens is 248 g/mol. The van der Waals surface area contributed by atoms with E-state index in [0.29, 0.717) is 5.92 Å². The van der Waals surface area contributed by atoms with Crippen LogP contribution in [0.15, 0.2) is 24.3 Å². The van der Waals surface area contributed by atoms with Gasteiger partial charge in [-0.3, -0.25) is 4.79 Å². The Labute approximate surface area is 123 Å². The highest BCUT2D eigenvalue weighted by atomic mass is 16.2. The lowest BCUT2D eigenvalue weighted by Crippen LogP contribution is -2.30. The predicted molar refractivity (Wildman–Crippen MR) is 86.3 cm³/mol. The van der Waals surface area contributed by atoms with Crippen LogP contribution in [0.25, 0.3) is 0 Å². The van der Waals surface area contributed by atoms with E-state index in [1.807, 2.05) is 43.0 Å². The van der Waals surface area contributed by atoms with Gasteiger partial charge < -0.3 is 10.2 Å². The van der Waals surface area contributed by atoms with Gasteiger partial charge >= 0.3 is 0 Å². The van der Waals surface area contributed by atoms with Crippen LogP contribution >= 0.6 is 0 Å². The summed E-state index contributed by atoms with van der Waals surface area (Å²) >= 11 is 0. The average molecular weight is 276 g/mol. The molecule has 0 aromatic heterocycles. The number of carbonyl (C=O) groups is 1. The lowest BCUT2D eigenvalue weighted by molar-refractivity contribution is 0.0773. The average Bonchev–Trinajstić information content (AvgIpc) is 2.49. The standard InChI is InChI=1S/C17H28N2O/c1-5-14(6-2)13-18-16-11-9-10-15(12-16)17(20)19(7-3)8-4/h9-12,14,18H,5-8,13H2,1-4H3. The summed E-state index contributed by atoms with van der Waals surface area (Å²) in [6.45, 7) is 10.9. The molecule has 0 spiro atoms. The zero-order valence-electron chi connectivity index (χ0n) is 13.3. The second-order valence-electron chi connectivity index (χ2n) is 5.12. The van der Waals surface area contributed by atoms with Gasteiger partial charge in [0, 0.05) is 30.9 Å². The zero-order chi connectivity index (χ0) is 15.0. The molecule has 3 nitrogen and oxygen atoms in total. The Morgan fingerprint density at radius 3 is 2.35 bits per heavy atom. The molecule has 0 saturated carbocycles. The summed E-state index contributed by atoms with van der Waals surface area (Å²) in [6.07, 6.45) is 2.36. The molecule has 0 heterocycles. The van der Waals surface area contributed by atoms with E-state index in [1.165, 1.54) is 12.8 Å². The number of hydrogen-bond acceptors (Lipinski definition) is 2. The molecule has 0 aliphatic carbocycles. The molecule has 1 aromatic carbocycles. The molecule has 0 atom stereocenters. The molecular formula is C17H28N2O. The summed E-state index contributed by atoms with van der Waals surface area (Å²) in [6, 6.07) is 7.83. The van der Waals surface area contributed by atoms with E-state index in [1.54, 1.807) is 0 Å². The van der Waals surface area contributed by atoms with E-state index < -0.39 is 0 Å². The Morgan fingerprint density at radius 2 is 1.80 bits per heavy atom. The molecule has 0 radical (unpaired) electrons. The highest BCUT2D eigenvalue weighted by Crippen LogP contribution is 2.15. The van der Waals surface area contributed by atoms with Gasteiger partial charge in [-0.25, -0.2) is 0 Å². The number of anilines is 1. The van der Waals surface area contributed by atoms with Crippen LogP contribution in [-0.4, -0.2) is 30.4 Å². The van der Waals surface area contributed by atoms with Crippen molar-refractivity contribution in [2.75, 3.05) is 25.0 Å². The summed E-state index contributed by atoms with van der Waals surface area (Å²) in [4.78, 5) is 14.2. The monoisotopic (exact) mass is 276 g/mol. The molecule has 1 rings (SSSR count). The van der Waals surface area contributed by atoms with Gasteiger partial charge in [-0.1, -0.05) is 32.8 Å². The van der Waals surface area contributed by atoms with Crippen LogP contribution < -0.4 is 5.32 Å². The van der Waals surface area contributed by atoms with E-state index >= 15 is 0 Å². The van der Waals surface area contributed by atoms with Crippen molar-refractivity contribution in [3.63, 3.8) is 0 Å². The predicted octanol–water partition coefficient (Wildman–Crippen LogP) is 4.02. The largest absolute Gasteiger partial charge is 0.385 e. The quantitative estimate of drug-likeness (QED) is 0.778. The number of nitrogens with one attached hydrogen (secondary N) is 1. The molecule has 0 unspecified atom stereocenters. The van der Waals surface area contributed by atoms with Crippen molar-refractivity contribution in [2.24, 2.45) is 5.92 Å². The number of carbonyl (C=O) groups excluding carboxylic acids is 1. The van der Waals surface area contributed by atoms with E-state index in [-0.39, 0.29) is 5.91 Å². The second-order valence-corrected chi connectivity index (χ2v) is 5.12. The molecule has 0 fully saturated rings. The first kappa shape index (κ1) is 16.5. The normalized spacial score (nSPS) is 10.7. The van der Waals surface area contributed by atoms with E-state index in [4.69, 9.17) is 0 Å². The van der Waals surface area contributed by atoms with E-state index in [2.05, 4.69) is 19.2 Å². The first-order valence-electron chi connectivity index (χ1n) is 7.79. The fraction of sp³-hybridized carbons (Fsp3) is 0.588. The number of nitrogens with zero attached hydrogens (tertiary/aromatic N) is 1. The maximum absolute atomic E-state index is 12.3. The van der Waals surface area contributed by atoms with Crippen LogP contribution in [-0.2, 0) is 0 Å². The van der Waals surface area contributed by atoms with Gasteiger partial charge in [0.25, 0.3) is 5.91 Å². The Kier molecular flexibility index (Phi) is 7.13. The van der Waals surface area contributed by atoms with Gasteiger partial charge in [0.2, 0.25) is 0 Å². The summed E-state index contributed by atoms with van der Waals surface area (Å²) in [5, 5.41) is 3.45. The van der Waals surface area contributed by atoms with Gasteiger partial charge in [0.05, 0.1) is 0 Å². The number of benzene rings is 1. The molecule has 1 amide bonds. The van der Waals surface area contributed by atoms with Crippen molar-refractivity contribution in [3.05, 3.63) is 29.8 Å². The minimum Gasteiger partial charge on any atom is -0.385 e. The lowest BCUT2D eigenvalue weighted by atomic mass is 10.0. The number of amides is 1. The highest BCUT2D eigenvalue weighted by Gasteiger charge is 2.12. The summed E-state index contributed by atoms with van der Waals surface area (Å²) in [5.74, 6) is 0.804. The second kappa shape index (κ2) is 8.62. The minimum atomic E-state index is 0.112. The van der Waals surface area contributed by atoms with Crippen LogP contribution in [0.5, 0.6) is 0 Å². The third kappa shape index (κ3) is 4.55. The third-order valence-electron chi connectivity index (χ3n) is 3.91. The SMILES string of the molecule is CCC(CC)CNc1cccc(C(=O)N(CC)CC)c1. The molecule has 0 bridgehead atoms. The van der Waals surface area contributed by atoms with Crippen LogP contribution in [0.2, 0.25) is 0 Å². The molecule has 0 aliphatic rings. The van der Waals surface area contributed by atoms with Crippen molar-refractivity contribution in [2.45, 2.75) is 40.5 Å². The van der Waals surface area contributed by atoms with Gasteiger partial charge in [0.15, 0.2) is 0 Å². The van der Waals surface area contributed by atoms with Crippen LogP contribution in [0, 0.1) is 5.92 Å². The summed E-state index contributed by atoms with van der Waals surface area (Å²) in [5.41, 5.74) is 1.80. The van der Waals surface area contributed by atoms with Gasteiger partial charge in [-0.15, -0.1) is 0 Å². The van der Waals surface area contributed by atoms with Gasteiger partial charge in [0.1, 0.15) is 0 Å². The first-order valence-corrected chi connectivity index (χ1v) is 7.79. The Morgan fingerprint density at radius 1 is 1.15 bits per heavy atom. The molecule has 112 valence electrons. The third-order valence-corrected chi connectivity index (χ3v) is 3.91. The zero-order valence-corrected chi connectivity index (χ0v) is 13.3. The van der Waals surface area contributed by atoms with Gasteiger partial charge in [-0.2, -0.15) is 0 Å². The van der Waals surface area contributed by atoms with E-state index in [0.717, 1.165) is 30.9 Å². The molecule has 20 heavy (non-hydrogen) atoms. The van der Waals surface area contributed by atoms with Crippen LogP contribution in [0.3, 0.4) is 0 Å². The van der Waals surface area contributed by atoms with Crippen LogP contribution in [0.4, 0.5) is 5.69 Å². The number of rotatable bonds is 8. The molecule has 3 heteroatoms. The highest BCUT2D eigenvalue weighted by molar-refractivity contribution is 5.95.